The quantitative estimate of drug-likeness (QED) is 0.588. The van der Waals surface area contributed by atoms with E-state index < -0.39 is 0 Å². The normalized spacial score (nSPS) is 53.6. The molecular weight excluding hydrogens is 200 g/mol. The summed E-state index contributed by atoms with van der Waals surface area (Å²) in [6.07, 6.45) is 4.39. The van der Waals surface area contributed by atoms with Crippen LogP contribution in [0.25, 0.3) is 0 Å². The van der Waals surface area contributed by atoms with Crippen molar-refractivity contribution in [2.75, 3.05) is 0 Å². The smallest absolute Gasteiger partial charge is 0.312 e. The van der Waals surface area contributed by atoms with E-state index in [1.54, 1.807) is 0 Å². The van der Waals surface area contributed by atoms with Gasteiger partial charge in [-0.25, -0.2) is 0 Å². The van der Waals surface area contributed by atoms with Crippen LogP contribution in [-0.2, 0) is 9.53 Å². The lowest BCUT2D eigenvalue weighted by Crippen LogP contribution is -2.54. The first-order valence-electron chi connectivity index (χ1n) is 6.50. The van der Waals surface area contributed by atoms with Crippen molar-refractivity contribution in [3.8, 4) is 0 Å². The second kappa shape index (κ2) is 2.65. The minimum atomic E-state index is -0.192. The highest BCUT2D eigenvalue weighted by molar-refractivity contribution is 5.79. The molecule has 2 bridgehead atoms. The van der Waals surface area contributed by atoms with Gasteiger partial charge in [-0.2, -0.15) is 0 Å². The van der Waals surface area contributed by atoms with Crippen LogP contribution in [0.3, 0.4) is 0 Å². The summed E-state index contributed by atoms with van der Waals surface area (Å²) >= 11 is 0. The molecule has 2 heteroatoms. The molecule has 3 fully saturated rings. The second-order valence-electron chi connectivity index (χ2n) is 7.38. The molecule has 3 aliphatic rings. The summed E-state index contributed by atoms with van der Waals surface area (Å²) in [6.45, 7) is 8.98. The zero-order valence-electron chi connectivity index (χ0n) is 10.8. The van der Waals surface area contributed by atoms with Crippen LogP contribution in [0.5, 0.6) is 0 Å². The van der Waals surface area contributed by atoms with Crippen molar-refractivity contribution in [3.63, 3.8) is 0 Å². The van der Waals surface area contributed by atoms with Gasteiger partial charge < -0.3 is 4.74 Å². The first kappa shape index (κ1) is 10.6. The number of hydrogen-bond donors (Lipinski definition) is 0. The van der Waals surface area contributed by atoms with E-state index in [2.05, 4.69) is 27.7 Å². The second-order valence-corrected chi connectivity index (χ2v) is 7.38. The molecule has 0 radical (unpaired) electrons. The zero-order valence-corrected chi connectivity index (χ0v) is 10.8. The third-order valence-corrected chi connectivity index (χ3v) is 5.59. The molecule has 0 spiro atoms. The molecule has 90 valence electrons. The van der Waals surface area contributed by atoms with Gasteiger partial charge in [0.05, 0.1) is 5.41 Å². The molecule has 0 N–H and O–H groups in total. The fourth-order valence-corrected chi connectivity index (χ4v) is 4.57. The monoisotopic (exact) mass is 222 g/mol. The number of fused-ring (bicyclic) bond motifs is 4. The molecule has 0 amide bonds. The van der Waals surface area contributed by atoms with E-state index >= 15 is 0 Å². The van der Waals surface area contributed by atoms with E-state index in [1.165, 1.54) is 12.8 Å². The number of carbonyl (C=O) groups is 1. The molecule has 0 aromatic heterocycles. The molecule has 16 heavy (non-hydrogen) atoms. The predicted molar refractivity (Wildman–Crippen MR) is 61.8 cm³/mol. The topological polar surface area (TPSA) is 26.3 Å². The van der Waals surface area contributed by atoms with Gasteiger partial charge in [0.15, 0.2) is 0 Å². The van der Waals surface area contributed by atoms with Crippen LogP contribution in [0, 0.1) is 22.7 Å². The van der Waals surface area contributed by atoms with E-state index in [0.29, 0.717) is 11.3 Å². The molecule has 2 saturated carbocycles. The third kappa shape index (κ3) is 1.11. The van der Waals surface area contributed by atoms with Gasteiger partial charge in [0.2, 0.25) is 0 Å². The van der Waals surface area contributed by atoms with E-state index in [-0.39, 0.29) is 17.0 Å². The van der Waals surface area contributed by atoms with Crippen molar-refractivity contribution < 1.29 is 9.53 Å². The molecule has 4 unspecified atom stereocenters. The van der Waals surface area contributed by atoms with Crippen molar-refractivity contribution in [3.05, 3.63) is 0 Å². The van der Waals surface area contributed by atoms with Gasteiger partial charge in [0.1, 0.15) is 5.60 Å². The van der Waals surface area contributed by atoms with Gasteiger partial charge in [-0.15, -0.1) is 0 Å². The number of rotatable bonds is 0. The van der Waals surface area contributed by atoms with Gasteiger partial charge in [0, 0.05) is 12.3 Å². The van der Waals surface area contributed by atoms with Crippen LogP contribution >= 0.6 is 0 Å². The van der Waals surface area contributed by atoms with Gasteiger partial charge in [-0.3, -0.25) is 4.79 Å². The van der Waals surface area contributed by atoms with Crippen LogP contribution in [-0.4, -0.2) is 11.6 Å². The summed E-state index contributed by atoms with van der Waals surface area (Å²) < 4.78 is 5.74. The molecule has 2 aliphatic carbocycles. The van der Waals surface area contributed by atoms with Crippen molar-refractivity contribution >= 4 is 5.97 Å². The van der Waals surface area contributed by atoms with Crippen LogP contribution in [0.1, 0.15) is 53.4 Å². The minimum Gasteiger partial charge on any atom is -0.459 e. The Morgan fingerprint density at radius 2 is 1.88 bits per heavy atom. The maximum Gasteiger partial charge on any atom is 0.312 e. The molecule has 1 heterocycles. The average Bonchev–Trinajstić information content (AvgIpc) is 2.29. The Hall–Kier alpha value is -0.530. The maximum atomic E-state index is 12.0. The molecule has 1 saturated heterocycles. The number of esters is 1. The Bertz CT molecular complexity index is 360. The Kier molecular flexibility index (Phi) is 1.76. The molecule has 0 aromatic rings. The van der Waals surface area contributed by atoms with E-state index in [0.717, 1.165) is 18.8 Å². The lowest BCUT2D eigenvalue weighted by atomic mass is 9.51. The average molecular weight is 222 g/mol. The first-order valence-corrected chi connectivity index (χ1v) is 6.50. The van der Waals surface area contributed by atoms with Crippen molar-refractivity contribution in [1.29, 1.82) is 0 Å². The standard InChI is InChI=1S/C14H22O2/c1-12(2)7-10-9(12)5-6-13(3)8-14(10,4)16-11(13)15/h9-10H,5-8H2,1-4H3. The maximum absolute atomic E-state index is 12.0. The fraction of sp³-hybridized carbons (Fsp3) is 0.929. The lowest BCUT2D eigenvalue weighted by molar-refractivity contribution is -0.177. The largest absolute Gasteiger partial charge is 0.459 e. The number of carbonyl (C=O) groups excluding carboxylic acids is 1. The van der Waals surface area contributed by atoms with Gasteiger partial charge in [0.25, 0.3) is 0 Å². The van der Waals surface area contributed by atoms with Crippen LogP contribution < -0.4 is 0 Å². The summed E-state index contributed by atoms with van der Waals surface area (Å²) in [4.78, 5) is 12.0. The molecule has 1 aliphatic heterocycles. The van der Waals surface area contributed by atoms with E-state index in [4.69, 9.17) is 4.74 Å². The number of hydrogen-bond acceptors (Lipinski definition) is 2. The first-order chi connectivity index (χ1) is 7.27. The van der Waals surface area contributed by atoms with Crippen LogP contribution in [0.4, 0.5) is 0 Å². The fourth-order valence-electron chi connectivity index (χ4n) is 4.57. The Morgan fingerprint density at radius 3 is 2.50 bits per heavy atom. The van der Waals surface area contributed by atoms with E-state index in [1.807, 2.05) is 0 Å². The lowest BCUT2D eigenvalue weighted by Gasteiger charge is -2.56. The molecule has 3 rings (SSSR count). The van der Waals surface area contributed by atoms with Crippen LogP contribution in [0.2, 0.25) is 0 Å². The molecular formula is C14H22O2. The van der Waals surface area contributed by atoms with Gasteiger partial charge >= 0.3 is 5.97 Å². The molecule has 0 aromatic carbocycles. The van der Waals surface area contributed by atoms with Gasteiger partial charge in [-0.05, 0) is 44.4 Å². The predicted octanol–water partition coefficient (Wildman–Crippen LogP) is 3.15. The highest BCUT2D eigenvalue weighted by Gasteiger charge is 2.64. The summed E-state index contributed by atoms with van der Waals surface area (Å²) in [5.41, 5.74) is 0.103. The summed E-state index contributed by atoms with van der Waals surface area (Å²) in [6, 6.07) is 0. The highest BCUT2D eigenvalue weighted by atomic mass is 16.6. The van der Waals surface area contributed by atoms with Crippen LogP contribution in [0.15, 0.2) is 0 Å². The van der Waals surface area contributed by atoms with E-state index in [9.17, 15) is 4.79 Å². The van der Waals surface area contributed by atoms with Gasteiger partial charge in [-0.1, -0.05) is 13.8 Å². The van der Waals surface area contributed by atoms with Crippen molar-refractivity contribution in [2.45, 2.75) is 59.0 Å². The zero-order chi connectivity index (χ0) is 11.8. The third-order valence-electron chi connectivity index (χ3n) is 5.59. The number of ether oxygens (including phenoxy) is 1. The molecule has 4 atom stereocenters. The summed E-state index contributed by atoms with van der Waals surface area (Å²) in [5.74, 6) is 1.42. The minimum absolute atomic E-state index is 0.0538. The summed E-state index contributed by atoms with van der Waals surface area (Å²) in [5, 5.41) is 0. The Balaban J connectivity index is 1.96. The Morgan fingerprint density at radius 1 is 1.19 bits per heavy atom. The van der Waals surface area contributed by atoms with Crippen molar-refractivity contribution in [1.82, 2.24) is 0 Å². The SMILES string of the molecule is CC12CCC3C(CC3(C)C)C(C)(C1)OC2=O. The Labute approximate surface area is 97.7 Å². The summed E-state index contributed by atoms with van der Waals surface area (Å²) in [7, 11) is 0. The van der Waals surface area contributed by atoms with Crippen molar-refractivity contribution in [2.24, 2.45) is 22.7 Å². The molecule has 2 nitrogen and oxygen atoms in total. The highest BCUT2D eigenvalue weighted by Crippen LogP contribution is 2.64.